The lowest BCUT2D eigenvalue weighted by Crippen LogP contribution is -2.35. The SMILES string of the molecule is COc1ccc(/C=C/C(=O)OC(c2cccnc2)P(=O)(OC2CC(C(C)C)CCC2C)OC2CC(C(C)C)CCC2C)cc1. The summed E-state index contributed by atoms with van der Waals surface area (Å²) in [6.45, 7) is 13.3. The van der Waals surface area contributed by atoms with E-state index >= 15 is 4.57 Å². The van der Waals surface area contributed by atoms with Gasteiger partial charge in [0.15, 0.2) is 0 Å². The molecular formula is C36H52NO6P. The van der Waals surface area contributed by atoms with Crippen molar-refractivity contribution in [3.05, 3.63) is 66.0 Å². The first-order chi connectivity index (χ1) is 21.0. The van der Waals surface area contributed by atoms with Crippen molar-refractivity contribution in [2.75, 3.05) is 7.11 Å². The number of carbonyl (C=O) groups is 1. The molecule has 2 aliphatic carbocycles. The number of nitrogens with zero attached hydrogens (tertiary/aromatic N) is 1. The first kappa shape index (κ1) is 34.4. The quantitative estimate of drug-likeness (QED) is 0.132. The maximum absolute atomic E-state index is 15.4. The van der Waals surface area contributed by atoms with Crippen LogP contribution in [0.2, 0.25) is 0 Å². The van der Waals surface area contributed by atoms with Crippen LogP contribution < -0.4 is 4.74 Å². The molecule has 2 fully saturated rings. The van der Waals surface area contributed by atoms with Gasteiger partial charge in [-0.25, -0.2) is 4.79 Å². The standard InChI is InChI=1S/C36H52NO6P/c1-24(2)29-15-10-26(5)33(21-29)42-44(39,43-34-22-30(25(3)4)16-11-27(34)6)36(31-9-8-20-37-23-31)41-35(38)19-14-28-12-17-32(40-7)18-13-28/h8-9,12-14,17-20,23-27,29-30,33-34,36H,10-11,15-16,21-22H2,1-7H3/b19-14+. The summed E-state index contributed by atoms with van der Waals surface area (Å²) in [6.07, 6.45) is 11.5. The summed E-state index contributed by atoms with van der Waals surface area (Å²) in [5.41, 5.74) is 1.30. The molecular weight excluding hydrogens is 573 g/mol. The maximum Gasteiger partial charge on any atom is 0.376 e. The van der Waals surface area contributed by atoms with Crippen LogP contribution in [0.1, 0.15) is 97.0 Å². The molecule has 242 valence electrons. The van der Waals surface area contributed by atoms with Gasteiger partial charge in [0.25, 0.3) is 0 Å². The minimum absolute atomic E-state index is 0.203. The minimum atomic E-state index is -4.07. The Labute approximate surface area is 264 Å². The van der Waals surface area contributed by atoms with Crippen LogP contribution >= 0.6 is 7.60 Å². The second-order valence-electron chi connectivity index (χ2n) is 13.6. The zero-order chi connectivity index (χ0) is 31.9. The van der Waals surface area contributed by atoms with Gasteiger partial charge in [-0.15, -0.1) is 0 Å². The fourth-order valence-electron chi connectivity index (χ4n) is 6.51. The molecule has 7 nitrogen and oxygen atoms in total. The number of ether oxygens (including phenoxy) is 2. The predicted octanol–water partition coefficient (Wildman–Crippen LogP) is 9.49. The van der Waals surface area contributed by atoms with E-state index in [1.165, 1.54) is 6.08 Å². The molecule has 2 aliphatic rings. The smallest absolute Gasteiger partial charge is 0.376 e. The van der Waals surface area contributed by atoms with Crippen molar-refractivity contribution in [3.8, 4) is 5.75 Å². The molecule has 0 amide bonds. The number of aromatic nitrogens is 1. The van der Waals surface area contributed by atoms with Crippen LogP contribution in [0.15, 0.2) is 54.9 Å². The lowest BCUT2D eigenvalue weighted by atomic mass is 9.76. The Kier molecular flexibility index (Phi) is 12.3. The predicted molar refractivity (Wildman–Crippen MR) is 175 cm³/mol. The second kappa shape index (κ2) is 15.7. The number of esters is 1. The lowest BCUT2D eigenvalue weighted by Gasteiger charge is -2.42. The molecule has 0 spiro atoms. The van der Waals surface area contributed by atoms with Gasteiger partial charge >= 0.3 is 13.6 Å². The summed E-state index contributed by atoms with van der Waals surface area (Å²) in [5, 5.41) is 0. The van der Waals surface area contributed by atoms with Crippen molar-refractivity contribution < 1.29 is 27.9 Å². The molecule has 0 radical (unpaired) electrons. The third kappa shape index (κ3) is 9.05. The summed E-state index contributed by atoms with van der Waals surface area (Å²) in [7, 11) is -2.46. The number of rotatable bonds is 12. The average molecular weight is 626 g/mol. The highest BCUT2D eigenvalue weighted by molar-refractivity contribution is 7.54. The molecule has 8 heteroatoms. The third-order valence-electron chi connectivity index (χ3n) is 9.79. The molecule has 1 aromatic carbocycles. The molecule has 7 unspecified atom stereocenters. The van der Waals surface area contributed by atoms with Crippen LogP contribution in [0.5, 0.6) is 5.75 Å². The van der Waals surface area contributed by atoms with Crippen LogP contribution in [0.25, 0.3) is 6.08 Å². The van der Waals surface area contributed by atoms with E-state index in [0.29, 0.717) is 29.2 Å². The second-order valence-corrected chi connectivity index (χ2v) is 15.6. The highest BCUT2D eigenvalue weighted by atomic mass is 31.2. The van der Waals surface area contributed by atoms with Crippen molar-refractivity contribution in [2.24, 2.45) is 35.5 Å². The number of methoxy groups -OCH3 is 1. The van der Waals surface area contributed by atoms with Crippen molar-refractivity contribution in [3.63, 3.8) is 0 Å². The van der Waals surface area contributed by atoms with E-state index in [1.807, 2.05) is 24.3 Å². The fourth-order valence-corrected chi connectivity index (χ4v) is 8.87. The minimum Gasteiger partial charge on any atom is -0.497 e. The molecule has 0 N–H and O–H groups in total. The van der Waals surface area contributed by atoms with Crippen LogP contribution in [-0.4, -0.2) is 30.3 Å². The van der Waals surface area contributed by atoms with Crippen molar-refractivity contribution in [2.45, 2.75) is 98.1 Å². The third-order valence-corrected chi connectivity index (χ3v) is 11.9. The van der Waals surface area contributed by atoms with Crippen LogP contribution in [0.3, 0.4) is 0 Å². The van der Waals surface area contributed by atoms with Gasteiger partial charge < -0.3 is 18.5 Å². The maximum atomic E-state index is 15.4. The van der Waals surface area contributed by atoms with Gasteiger partial charge in [-0.3, -0.25) is 9.55 Å². The van der Waals surface area contributed by atoms with Crippen LogP contribution in [-0.2, 0) is 23.1 Å². The first-order valence-electron chi connectivity index (χ1n) is 16.4. The average Bonchev–Trinajstić information content (AvgIpc) is 3.01. The monoisotopic (exact) mass is 625 g/mol. The van der Waals surface area contributed by atoms with Gasteiger partial charge in [0.05, 0.1) is 19.3 Å². The van der Waals surface area contributed by atoms with E-state index in [1.54, 1.807) is 37.7 Å². The number of pyridine rings is 1. The van der Waals surface area contributed by atoms with Crippen molar-refractivity contribution >= 4 is 19.6 Å². The normalized spacial score (nSPS) is 28.1. The van der Waals surface area contributed by atoms with Crippen molar-refractivity contribution in [1.82, 2.24) is 4.98 Å². The van der Waals surface area contributed by atoms with E-state index in [-0.39, 0.29) is 24.0 Å². The first-order valence-corrected chi connectivity index (χ1v) is 18.0. The largest absolute Gasteiger partial charge is 0.497 e. The van der Waals surface area contributed by atoms with E-state index in [9.17, 15) is 4.79 Å². The lowest BCUT2D eigenvalue weighted by molar-refractivity contribution is -0.141. The van der Waals surface area contributed by atoms with Crippen LogP contribution in [0, 0.1) is 35.5 Å². The molecule has 44 heavy (non-hydrogen) atoms. The molecule has 2 saturated carbocycles. The summed E-state index contributed by atoms with van der Waals surface area (Å²) in [5.74, 6) is 1.18. The molecule has 0 saturated heterocycles. The Morgan fingerprint density at radius 2 is 1.45 bits per heavy atom. The number of hydrogen-bond acceptors (Lipinski definition) is 7. The molecule has 7 atom stereocenters. The van der Waals surface area contributed by atoms with Gasteiger partial charge in [-0.2, -0.15) is 0 Å². The molecule has 1 aromatic heterocycles. The summed E-state index contributed by atoms with van der Waals surface area (Å²) in [6, 6.07) is 10.9. The number of benzene rings is 1. The van der Waals surface area contributed by atoms with E-state index in [0.717, 1.165) is 49.8 Å². The Morgan fingerprint density at radius 1 is 0.886 bits per heavy atom. The topological polar surface area (TPSA) is 84.0 Å². The molecule has 0 bridgehead atoms. The highest BCUT2D eigenvalue weighted by Gasteiger charge is 2.48. The van der Waals surface area contributed by atoms with E-state index < -0.39 is 19.4 Å². The molecule has 4 rings (SSSR count). The Morgan fingerprint density at radius 3 is 1.93 bits per heavy atom. The zero-order valence-electron chi connectivity index (χ0n) is 27.6. The van der Waals surface area contributed by atoms with Crippen LogP contribution in [0.4, 0.5) is 0 Å². The van der Waals surface area contributed by atoms with Gasteiger partial charge in [0, 0.05) is 24.0 Å². The zero-order valence-corrected chi connectivity index (χ0v) is 28.5. The molecule has 0 aliphatic heterocycles. The van der Waals surface area contributed by atoms with Gasteiger partial charge in [0.1, 0.15) is 5.75 Å². The van der Waals surface area contributed by atoms with Crippen molar-refractivity contribution in [1.29, 1.82) is 0 Å². The van der Waals surface area contributed by atoms with Gasteiger partial charge in [0.2, 0.25) is 5.85 Å². The van der Waals surface area contributed by atoms with Gasteiger partial charge in [-0.1, -0.05) is 59.7 Å². The van der Waals surface area contributed by atoms with E-state index in [2.05, 4.69) is 46.5 Å². The Balaban J connectivity index is 1.68. The summed E-state index contributed by atoms with van der Waals surface area (Å²) < 4.78 is 40.1. The Hall–Kier alpha value is -2.47. The Bertz CT molecular complexity index is 1230. The summed E-state index contributed by atoms with van der Waals surface area (Å²) >= 11 is 0. The fraction of sp³-hybridized carbons (Fsp3) is 0.611. The van der Waals surface area contributed by atoms with Gasteiger partial charge in [-0.05, 0) is 104 Å². The molecule has 1 heterocycles. The number of hydrogen-bond donors (Lipinski definition) is 0. The highest BCUT2D eigenvalue weighted by Crippen LogP contribution is 2.65. The molecule has 2 aromatic rings. The summed E-state index contributed by atoms with van der Waals surface area (Å²) in [4.78, 5) is 17.7. The van der Waals surface area contributed by atoms with E-state index in [4.69, 9.17) is 18.5 Å². The number of carbonyl (C=O) groups excluding carboxylic acids is 1.